The Morgan fingerprint density at radius 2 is 2.29 bits per heavy atom. The van der Waals surface area contributed by atoms with E-state index in [9.17, 15) is 4.79 Å². The number of aromatic nitrogens is 2. The molecule has 1 aromatic heterocycles. The van der Waals surface area contributed by atoms with Crippen molar-refractivity contribution in [3.05, 3.63) is 48.0 Å². The van der Waals surface area contributed by atoms with Crippen LogP contribution in [-0.4, -0.2) is 33.7 Å². The molecule has 2 N–H and O–H groups in total. The minimum atomic E-state index is -0.104. The smallest absolute Gasteiger partial charge is 0.253 e. The summed E-state index contributed by atoms with van der Waals surface area (Å²) in [4.78, 5) is 16.4. The second-order valence-corrected chi connectivity index (χ2v) is 5.32. The van der Waals surface area contributed by atoms with Crippen LogP contribution >= 0.6 is 0 Å². The lowest BCUT2D eigenvalue weighted by Crippen LogP contribution is -2.29. The Morgan fingerprint density at radius 3 is 2.95 bits per heavy atom. The Bertz CT molecular complexity index is 594. The maximum absolute atomic E-state index is 12.4. The van der Waals surface area contributed by atoms with Crippen molar-refractivity contribution in [2.45, 2.75) is 20.3 Å². The molecule has 0 saturated heterocycles. The molecule has 1 unspecified atom stereocenters. The van der Waals surface area contributed by atoms with Gasteiger partial charge in [0.05, 0.1) is 17.6 Å². The van der Waals surface area contributed by atoms with E-state index in [1.165, 1.54) is 0 Å². The molecular weight excluding hydrogens is 266 g/mol. The fraction of sp³-hybridized carbons (Fsp3) is 0.375. The molecule has 2 aromatic rings. The Kier molecular flexibility index (Phi) is 5.11. The SMILES string of the molecule is Cc1ccc(-n2ccnc2)c(C(=O)NCC(C)CCO)c1. The first kappa shape index (κ1) is 15.3. The number of hydrogen-bond acceptors (Lipinski definition) is 3. The highest BCUT2D eigenvalue weighted by Gasteiger charge is 2.13. The molecule has 0 fully saturated rings. The van der Waals surface area contributed by atoms with Crippen LogP contribution in [0.15, 0.2) is 36.9 Å². The molecule has 1 aromatic carbocycles. The quantitative estimate of drug-likeness (QED) is 0.853. The summed E-state index contributed by atoms with van der Waals surface area (Å²) in [7, 11) is 0. The van der Waals surface area contributed by atoms with E-state index in [1.807, 2.05) is 42.8 Å². The van der Waals surface area contributed by atoms with Gasteiger partial charge in [0.2, 0.25) is 0 Å². The molecule has 0 aliphatic heterocycles. The summed E-state index contributed by atoms with van der Waals surface area (Å²) in [6.07, 6.45) is 5.86. The molecule has 2 rings (SSSR count). The second-order valence-electron chi connectivity index (χ2n) is 5.32. The number of benzene rings is 1. The number of imidazole rings is 1. The fourth-order valence-corrected chi connectivity index (χ4v) is 2.14. The van der Waals surface area contributed by atoms with Gasteiger partial charge in [-0.05, 0) is 31.4 Å². The highest BCUT2D eigenvalue weighted by molar-refractivity contribution is 5.98. The van der Waals surface area contributed by atoms with Gasteiger partial charge in [-0.2, -0.15) is 0 Å². The zero-order valence-electron chi connectivity index (χ0n) is 12.4. The lowest BCUT2D eigenvalue weighted by Gasteiger charge is -2.14. The number of nitrogens with one attached hydrogen (secondary N) is 1. The van der Waals surface area contributed by atoms with Crippen LogP contribution < -0.4 is 5.32 Å². The summed E-state index contributed by atoms with van der Waals surface area (Å²) in [5.41, 5.74) is 2.47. The zero-order chi connectivity index (χ0) is 15.2. The van der Waals surface area contributed by atoms with Crippen LogP contribution in [0, 0.1) is 12.8 Å². The molecule has 21 heavy (non-hydrogen) atoms. The minimum Gasteiger partial charge on any atom is -0.396 e. The van der Waals surface area contributed by atoms with Crippen molar-refractivity contribution in [1.29, 1.82) is 0 Å². The molecule has 0 radical (unpaired) electrons. The van der Waals surface area contributed by atoms with Gasteiger partial charge in [0.1, 0.15) is 0 Å². The molecule has 0 saturated carbocycles. The predicted octanol–water partition coefficient (Wildman–Crippen LogP) is 1.93. The van der Waals surface area contributed by atoms with Gasteiger partial charge in [0, 0.05) is 25.5 Å². The fourth-order valence-electron chi connectivity index (χ4n) is 2.14. The third kappa shape index (κ3) is 3.92. The van der Waals surface area contributed by atoms with Crippen molar-refractivity contribution in [1.82, 2.24) is 14.9 Å². The molecule has 5 nitrogen and oxygen atoms in total. The van der Waals surface area contributed by atoms with Crippen molar-refractivity contribution in [2.75, 3.05) is 13.2 Å². The van der Waals surface area contributed by atoms with Crippen molar-refractivity contribution in [3.8, 4) is 5.69 Å². The van der Waals surface area contributed by atoms with Crippen LogP contribution in [0.5, 0.6) is 0 Å². The van der Waals surface area contributed by atoms with Gasteiger partial charge in [-0.1, -0.05) is 18.6 Å². The van der Waals surface area contributed by atoms with Crippen LogP contribution in [-0.2, 0) is 0 Å². The normalized spacial score (nSPS) is 12.1. The minimum absolute atomic E-state index is 0.104. The van der Waals surface area contributed by atoms with E-state index in [4.69, 9.17) is 5.11 Å². The number of carbonyl (C=O) groups is 1. The highest BCUT2D eigenvalue weighted by Crippen LogP contribution is 2.16. The predicted molar refractivity (Wildman–Crippen MR) is 81.5 cm³/mol. The Labute approximate surface area is 124 Å². The number of carbonyl (C=O) groups excluding carboxylic acids is 1. The summed E-state index contributed by atoms with van der Waals surface area (Å²) < 4.78 is 1.82. The van der Waals surface area contributed by atoms with E-state index in [1.54, 1.807) is 12.5 Å². The summed E-state index contributed by atoms with van der Waals surface area (Å²) in [6, 6.07) is 5.77. The molecule has 112 valence electrons. The lowest BCUT2D eigenvalue weighted by molar-refractivity contribution is 0.0945. The maximum atomic E-state index is 12.4. The number of amides is 1. The average Bonchev–Trinajstić information content (AvgIpc) is 2.99. The van der Waals surface area contributed by atoms with Gasteiger partial charge >= 0.3 is 0 Å². The molecule has 5 heteroatoms. The van der Waals surface area contributed by atoms with Crippen LogP contribution in [0.1, 0.15) is 29.3 Å². The molecule has 1 atom stereocenters. The van der Waals surface area contributed by atoms with Crippen molar-refractivity contribution in [3.63, 3.8) is 0 Å². The zero-order valence-corrected chi connectivity index (χ0v) is 12.4. The van der Waals surface area contributed by atoms with E-state index in [0.717, 1.165) is 11.3 Å². The van der Waals surface area contributed by atoms with Gasteiger partial charge in [0.25, 0.3) is 5.91 Å². The van der Waals surface area contributed by atoms with Gasteiger partial charge in [0.15, 0.2) is 0 Å². The van der Waals surface area contributed by atoms with E-state index >= 15 is 0 Å². The second kappa shape index (κ2) is 7.04. The Balaban J connectivity index is 2.18. The molecule has 0 aliphatic carbocycles. The van der Waals surface area contributed by atoms with Crippen molar-refractivity contribution in [2.24, 2.45) is 5.92 Å². The van der Waals surface area contributed by atoms with Crippen LogP contribution in [0.25, 0.3) is 5.69 Å². The first-order valence-electron chi connectivity index (χ1n) is 7.10. The number of aliphatic hydroxyl groups is 1. The maximum Gasteiger partial charge on any atom is 0.253 e. The monoisotopic (exact) mass is 287 g/mol. The number of aliphatic hydroxyl groups excluding tert-OH is 1. The largest absolute Gasteiger partial charge is 0.396 e. The molecular formula is C16H21N3O2. The van der Waals surface area contributed by atoms with E-state index in [0.29, 0.717) is 18.5 Å². The Morgan fingerprint density at radius 1 is 1.48 bits per heavy atom. The highest BCUT2D eigenvalue weighted by atomic mass is 16.3. The topological polar surface area (TPSA) is 67.2 Å². The number of nitrogens with zero attached hydrogens (tertiary/aromatic N) is 2. The summed E-state index contributed by atoms with van der Waals surface area (Å²) in [5.74, 6) is 0.146. The van der Waals surface area contributed by atoms with Gasteiger partial charge < -0.3 is 15.0 Å². The van der Waals surface area contributed by atoms with E-state index in [-0.39, 0.29) is 18.4 Å². The summed E-state index contributed by atoms with van der Waals surface area (Å²) in [5, 5.41) is 11.8. The standard InChI is InChI=1S/C16H21N3O2/c1-12-3-4-15(19-7-6-17-11-19)14(9-12)16(21)18-10-13(2)5-8-20/h3-4,6-7,9,11,13,20H,5,8,10H2,1-2H3,(H,18,21). The molecule has 0 bridgehead atoms. The first-order chi connectivity index (χ1) is 10.1. The molecule has 0 spiro atoms. The van der Waals surface area contributed by atoms with Gasteiger partial charge in [-0.15, -0.1) is 0 Å². The molecule has 0 aliphatic rings. The number of rotatable bonds is 6. The third-order valence-corrected chi connectivity index (χ3v) is 3.41. The first-order valence-corrected chi connectivity index (χ1v) is 7.10. The van der Waals surface area contributed by atoms with Gasteiger partial charge in [-0.3, -0.25) is 4.79 Å². The lowest BCUT2D eigenvalue weighted by atomic mass is 10.1. The van der Waals surface area contributed by atoms with Crippen LogP contribution in [0.4, 0.5) is 0 Å². The summed E-state index contributed by atoms with van der Waals surface area (Å²) >= 11 is 0. The third-order valence-electron chi connectivity index (χ3n) is 3.41. The van der Waals surface area contributed by atoms with Crippen LogP contribution in [0.3, 0.4) is 0 Å². The van der Waals surface area contributed by atoms with E-state index < -0.39 is 0 Å². The molecule has 1 heterocycles. The molecule has 1 amide bonds. The van der Waals surface area contributed by atoms with E-state index in [2.05, 4.69) is 10.3 Å². The van der Waals surface area contributed by atoms with Gasteiger partial charge in [-0.25, -0.2) is 4.98 Å². The average molecular weight is 287 g/mol. The van der Waals surface area contributed by atoms with Crippen molar-refractivity contribution < 1.29 is 9.90 Å². The Hall–Kier alpha value is -2.14. The van der Waals surface area contributed by atoms with Crippen molar-refractivity contribution >= 4 is 5.91 Å². The van der Waals surface area contributed by atoms with Crippen LogP contribution in [0.2, 0.25) is 0 Å². The summed E-state index contributed by atoms with van der Waals surface area (Å²) in [6.45, 7) is 4.66. The number of hydrogen-bond donors (Lipinski definition) is 2. The number of aryl methyl sites for hydroxylation is 1.